The Balaban J connectivity index is 1.56. The highest BCUT2D eigenvalue weighted by molar-refractivity contribution is 7.89. The van der Waals surface area contributed by atoms with E-state index in [9.17, 15) is 22.4 Å². The first kappa shape index (κ1) is 21.9. The average Bonchev–Trinajstić information content (AvgIpc) is 2.98. The zero-order valence-electron chi connectivity index (χ0n) is 17.0. The van der Waals surface area contributed by atoms with Crippen molar-refractivity contribution in [2.45, 2.75) is 31.1 Å². The normalized spacial score (nSPS) is 15.8. The maximum atomic E-state index is 13.5. The summed E-state index contributed by atoms with van der Waals surface area (Å²) in [6.07, 6.45) is 0.279. The lowest BCUT2D eigenvalue weighted by Gasteiger charge is -2.18. The molecule has 2 aromatic rings. The molecule has 0 bridgehead atoms. The SMILES string of the molecule is Cc1ccc(S(=O)(=O)N(C)CC(=O)NCC[C@@H]2C(=O)Nc3ccc(F)cc32)cc1C. The van der Waals surface area contributed by atoms with Gasteiger partial charge in [-0.05, 0) is 67.3 Å². The lowest BCUT2D eigenvalue weighted by molar-refractivity contribution is -0.121. The van der Waals surface area contributed by atoms with Gasteiger partial charge in [-0.15, -0.1) is 0 Å². The van der Waals surface area contributed by atoms with Crippen molar-refractivity contribution in [2.75, 3.05) is 25.5 Å². The maximum Gasteiger partial charge on any atom is 0.243 e. The van der Waals surface area contributed by atoms with Crippen molar-refractivity contribution in [2.24, 2.45) is 0 Å². The van der Waals surface area contributed by atoms with Gasteiger partial charge in [0.25, 0.3) is 0 Å². The summed E-state index contributed by atoms with van der Waals surface area (Å²) in [6, 6.07) is 8.91. The first-order valence-corrected chi connectivity index (χ1v) is 10.9. The number of nitrogens with zero attached hydrogens (tertiary/aromatic N) is 1. The van der Waals surface area contributed by atoms with E-state index in [2.05, 4.69) is 10.6 Å². The van der Waals surface area contributed by atoms with Crippen LogP contribution < -0.4 is 10.6 Å². The average molecular weight is 434 g/mol. The van der Waals surface area contributed by atoms with Gasteiger partial charge in [0.1, 0.15) is 5.82 Å². The number of amides is 2. The van der Waals surface area contributed by atoms with Crippen molar-refractivity contribution < 1.29 is 22.4 Å². The van der Waals surface area contributed by atoms with Gasteiger partial charge in [-0.3, -0.25) is 9.59 Å². The molecule has 1 aliphatic rings. The summed E-state index contributed by atoms with van der Waals surface area (Å²) in [5.41, 5.74) is 2.95. The molecule has 30 heavy (non-hydrogen) atoms. The van der Waals surface area contributed by atoms with Crippen LogP contribution in [0.1, 0.15) is 29.0 Å². The molecule has 0 aromatic heterocycles. The Morgan fingerprint density at radius 2 is 1.90 bits per heavy atom. The predicted octanol–water partition coefficient (Wildman–Crippen LogP) is 2.31. The van der Waals surface area contributed by atoms with E-state index < -0.39 is 27.7 Å². The number of fused-ring (bicyclic) bond motifs is 1. The Hall–Kier alpha value is -2.78. The Kier molecular flexibility index (Phi) is 6.23. The molecule has 0 fully saturated rings. The molecule has 1 heterocycles. The van der Waals surface area contributed by atoms with Gasteiger partial charge in [-0.2, -0.15) is 4.31 Å². The second-order valence-corrected chi connectivity index (χ2v) is 9.46. The van der Waals surface area contributed by atoms with Crippen LogP contribution in [-0.2, 0) is 19.6 Å². The number of carbonyl (C=O) groups excluding carboxylic acids is 2. The lowest BCUT2D eigenvalue weighted by Crippen LogP contribution is -2.39. The summed E-state index contributed by atoms with van der Waals surface area (Å²) in [6.45, 7) is 3.52. The third-order valence-electron chi connectivity index (χ3n) is 5.27. The third-order valence-corrected chi connectivity index (χ3v) is 7.07. The van der Waals surface area contributed by atoms with Gasteiger partial charge < -0.3 is 10.6 Å². The largest absolute Gasteiger partial charge is 0.355 e. The molecule has 1 atom stereocenters. The summed E-state index contributed by atoms with van der Waals surface area (Å²) >= 11 is 0. The molecule has 2 amide bonds. The second kappa shape index (κ2) is 8.53. The van der Waals surface area contributed by atoms with Crippen molar-refractivity contribution in [3.63, 3.8) is 0 Å². The van der Waals surface area contributed by atoms with Gasteiger partial charge in [-0.25, -0.2) is 12.8 Å². The zero-order valence-corrected chi connectivity index (χ0v) is 17.8. The molecular formula is C21H24FN3O4S. The summed E-state index contributed by atoms with van der Waals surface area (Å²) in [5, 5.41) is 5.32. The molecule has 2 aromatic carbocycles. The molecule has 3 rings (SSSR count). The molecule has 1 aliphatic heterocycles. The fraction of sp³-hybridized carbons (Fsp3) is 0.333. The predicted molar refractivity (Wildman–Crippen MR) is 111 cm³/mol. The summed E-state index contributed by atoms with van der Waals surface area (Å²) in [7, 11) is -2.46. The summed E-state index contributed by atoms with van der Waals surface area (Å²) < 4.78 is 39.8. The number of aryl methyl sites for hydroxylation is 2. The number of likely N-dealkylation sites (N-methyl/N-ethyl adjacent to an activating group) is 1. The van der Waals surface area contributed by atoms with Crippen LogP contribution in [0.2, 0.25) is 0 Å². The molecule has 0 saturated carbocycles. The van der Waals surface area contributed by atoms with E-state index in [1.807, 2.05) is 13.8 Å². The van der Waals surface area contributed by atoms with Crippen molar-refractivity contribution in [3.05, 3.63) is 58.9 Å². The molecule has 0 unspecified atom stereocenters. The monoisotopic (exact) mass is 433 g/mol. The van der Waals surface area contributed by atoms with Crippen molar-refractivity contribution in [3.8, 4) is 0 Å². The number of carbonyl (C=O) groups is 2. The van der Waals surface area contributed by atoms with E-state index in [1.54, 1.807) is 12.1 Å². The van der Waals surface area contributed by atoms with E-state index in [4.69, 9.17) is 0 Å². The van der Waals surface area contributed by atoms with Crippen LogP contribution in [0.5, 0.6) is 0 Å². The van der Waals surface area contributed by atoms with Gasteiger partial charge in [0.2, 0.25) is 21.8 Å². The minimum Gasteiger partial charge on any atom is -0.355 e. The standard InChI is InChI=1S/C21H24FN3O4S/c1-13-4-6-16(10-14(13)2)30(28,29)25(3)12-20(26)23-9-8-17-18-11-15(22)5-7-19(18)24-21(17)27/h4-7,10-11,17H,8-9,12H2,1-3H3,(H,23,26)(H,24,27)/t17-/m0/s1. The van der Waals surface area contributed by atoms with Crippen LogP contribution in [-0.4, -0.2) is 44.7 Å². The zero-order chi connectivity index (χ0) is 22.1. The summed E-state index contributed by atoms with van der Waals surface area (Å²) in [5.74, 6) is -1.73. The fourth-order valence-corrected chi connectivity index (χ4v) is 4.55. The van der Waals surface area contributed by atoms with Gasteiger partial charge >= 0.3 is 0 Å². The number of anilines is 1. The maximum absolute atomic E-state index is 13.5. The molecule has 7 nitrogen and oxygen atoms in total. The number of hydrogen-bond acceptors (Lipinski definition) is 4. The number of sulfonamides is 1. The Bertz CT molecular complexity index is 1100. The van der Waals surface area contributed by atoms with Crippen molar-refractivity contribution in [1.29, 1.82) is 0 Å². The van der Waals surface area contributed by atoms with Crippen LogP contribution in [0.15, 0.2) is 41.3 Å². The highest BCUT2D eigenvalue weighted by Crippen LogP contribution is 2.34. The second-order valence-electron chi connectivity index (χ2n) is 7.42. The third kappa shape index (κ3) is 4.52. The Morgan fingerprint density at radius 3 is 2.60 bits per heavy atom. The molecular weight excluding hydrogens is 409 g/mol. The van der Waals surface area contributed by atoms with Crippen LogP contribution in [0, 0.1) is 19.7 Å². The highest BCUT2D eigenvalue weighted by atomic mass is 32.2. The smallest absolute Gasteiger partial charge is 0.243 e. The number of rotatable bonds is 7. The van der Waals surface area contributed by atoms with Crippen molar-refractivity contribution in [1.82, 2.24) is 9.62 Å². The Labute approximate surface area is 175 Å². The minimum absolute atomic E-state index is 0.127. The number of benzene rings is 2. The van der Waals surface area contributed by atoms with E-state index >= 15 is 0 Å². The highest BCUT2D eigenvalue weighted by Gasteiger charge is 2.30. The van der Waals surface area contributed by atoms with Gasteiger partial charge in [0.05, 0.1) is 17.4 Å². The van der Waals surface area contributed by atoms with Crippen LogP contribution >= 0.6 is 0 Å². The number of hydrogen-bond donors (Lipinski definition) is 2. The van der Waals surface area contributed by atoms with Gasteiger partial charge in [0.15, 0.2) is 0 Å². The molecule has 0 aliphatic carbocycles. The molecule has 0 saturated heterocycles. The van der Waals surface area contributed by atoms with Crippen LogP contribution in [0.4, 0.5) is 10.1 Å². The van der Waals surface area contributed by atoms with Crippen molar-refractivity contribution >= 4 is 27.5 Å². The number of halogens is 1. The van der Waals surface area contributed by atoms with E-state index in [-0.39, 0.29) is 30.3 Å². The topological polar surface area (TPSA) is 95.6 Å². The van der Waals surface area contributed by atoms with E-state index in [0.717, 1.165) is 15.4 Å². The molecule has 160 valence electrons. The first-order chi connectivity index (χ1) is 14.1. The van der Waals surface area contributed by atoms with E-state index in [0.29, 0.717) is 11.3 Å². The molecule has 2 N–H and O–H groups in total. The van der Waals surface area contributed by atoms with Gasteiger partial charge in [-0.1, -0.05) is 6.07 Å². The number of nitrogens with one attached hydrogen (secondary N) is 2. The van der Waals surface area contributed by atoms with Gasteiger partial charge in [0, 0.05) is 19.3 Å². The molecule has 9 heteroatoms. The molecule has 0 spiro atoms. The van der Waals surface area contributed by atoms with Crippen LogP contribution in [0.3, 0.4) is 0 Å². The minimum atomic E-state index is -3.80. The Morgan fingerprint density at radius 1 is 1.17 bits per heavy atom. The lowest BCUT2D eigenvalue weighted by atomic mass is 9.97. The summed E-state index contributed by atoms with van der Waals surface area (Å²) in [4.78, 5) is 24.5. The molecule has 0 radical (unpaired) electrons. The fourth-order valence-electron chi connectivity index (χ4n) is 3.34. The quantitative estimate of drug-likeness (QED) is 0.701. The van der Waals surface area contributed by atoms with Crippen LogP contribution in [0.25, 0.3) is 0 Å². The van der Waals surface area contributed by atoms with E-state index in [1.165, 1.54) is 31.3 Å². The first-order valence-electron chi connectivity index (χ1n) is 9.50.